The number of anilines is 1. The molecule has 2 aromatic carbocycles. The van der Waals surface area contributed by atoms with E-state index in [9.17, 15) is 14.7 Å². The second kappa shape index (κ2) is 20.5. The van der Waals surface area contributed by atoms with Crippen LogP contribution in [0.25, 0.3) is 44.0 Å². The molecule has 2 amide bonds. The van der Waals surface area contributed by atoms with Crippen LogP contribution in [0, 0.1) is 19.8 Å². The summed E-state index contributed by atoms with van der Waals surface area (Å²) in [7, 11) is 0. The van der Waals surface area contributed by atoms with Gasteiger partial charge in [0.2, 0.25) is 12.4 Å². The number of piperidine rings is 1. The van der Waals surface area contributed by atoms with Crippen molar-refractivity contribution in [2.75, 3.05) is 24.5 Å². The summed E-state index contributed by atoms with van der Waals surface area (Å²) in [6.07, 6.45) is 10.2. The minimum atomic E-state index is -0.392. The molecule has 0 radical (unpaired) electrons. The van der Waals surface area contributed by atoms with E-state index in [2.05, 4.69) is 85.5 Å². The van der Waals surface area contributed by atoms with Crippen molar-refractivity contribution in [2.24, 2.45) is 10.9 Å². The fraction of sp³-hybridized carbons (Fsp3) is 0.327. The Labute approximate surface area is 377 Å². The first kappa shape index (κ1) is 45.2. The summed E-state index contributed by atoms with van der Waals surface area (Å²) in [4.78, 5) is 45.0. The number of carbonyl (C=O) groups is 2. The van der Waals surface area contributed by atoms with Gasteiger partial charge in [0.05, 0.1) is 27.3 Å². The van der Waals surface area contributed by atoms with E-state index in [4.69, 9.17) is 4.52 Å². The van der Waals surface area contributed by atoms with Crippen molar-refractivity contribution in [3.05, 3.63) is 119 Å². The molecule has 5 aromatic heterocycles. The largest absolute Gasteiger partial charge is 0.507 e. The first-order chi connectivity index (χ1) is 30.9. The lowest BCUT2D eigenvalue weighted by molar-refractivity contribution is -0.121. The zero-order valence-electron chi connectivity index (χ0n) is 37.3. The average Bonchev–Trinajstić information content (AvgIpc) is 4.13. The second-order valence-electron chi connectivity index (χ2n) is 16.8. The number of phenolic OH excluding ortho intramolecular Hbond substituents is 1. The monoisotopic (exact) mass is 878 g/mol. The fourth-order valence-electron chi connectivity index (χ4n) is 7.64. The first-order valence-electron chi connectivity index (χ1n) is 21.6. The van der Waals surface area contributed by atoms with Crippen LogP contribution in [0.5, 0.6) is 5.75 Å². The van der Waals surface area contributed by atoms with Crippen molar-refractivity contribution < 1.29 is 19.2 Å². The number of carbonyl (C=O) groups excluding carboxylic acids is 2. The lowest BCUT2D eigenvalue weighted by atomic mass is 9.93. The molecule has 1 saturated heterocycles. The van der Waals surface area contributed by atoms with Crippen LogP contribution in [0.15, 0.2) is 106 Å². The lowest BCUT2D eigenvalue weighted by Gasteiger charge is -2.33. The van der Waals surface area contributed by atoms with E-state index in [-0.39, 0.29) is 11.8 Å². The van der Waals surface area contributed by atoms with Gasteiger partial charge in [0.25, 0.3) is 5.91 Å². The number of rotatable bonds is 9. The number of aromatic nitrogens is 7. The minimum Gasteiger partial charge on any atom is -0.507 e. The number of aryl methyl sites for hydroxylation is 2. The molecule has 1 fully saturated rings. The molecule has 0 spiro atoms. The van der Waals surface area contributed by atoms with Gasteiger partial charge >= 0.3 is 0 Å². The summed E-state index contributed by atoms with van der Waals surface area (Å²) in [5.74, 6) is 2.55. The standard InChI is InChI=1S/C28H29N7O2.C17H15N3O2S.C4H10/c1-17(2)35-25(14-24-26(35)13-23(31-32-24)21-6-4-5-7-27(21)36)19-8-10-34(11-9-19)28-29-15-20(16-30-28)22-12-18(3)37-33-22;1-12-16(23-10-19-12)14-6-4-13(5-7-14)9-18-17(22)15-3-2-8-20(15)11-21;1-4(2)3/h4-7,12-17,19,36H,8-11H2,1-3H3;3-7,9-11H,2,8H2,1H3;4H,1-3H3. The predicted octanol–water partition coefficient (Wildman–Crippen LogP) is 9.99. The molecule has 0 unspecified atom stereocenters. The summed E-state index contributed by atoms with van der Waals surface area (Å²) in [6, 6.07) is 21.4. The molecule has 15 heteroatoms. The third-order valence-corrected chi connectivity index (χ3v) is 11.7. The van der Waals surface area contributed by atoms with Crippen LogP contribution >= 0.6 is 11.3 Å². The number of aromatic hydroxyl groups is 1. The fourth-order valence-corrected chi connectivity index (χ4v) is 8.45. The smallest absolute Gasteiger partial charge is 0.293 e. The quantitative estimate of drug-likeness (QED) is 0.108. The van der Waals surface area contributed by atoms with Crippen molar-refractivity contribution in [3.8, 4) is 38.7 Å². The number of para-hydroxylation sites is 1. The Morgan fingerprint density at radius 1 is 0.891 bits per heavy atom. The van der Waals surface area contributed by atoms with Gasteiger partial charge in [-0.05, 0) is 88.3 Å². The molecule has 0 atom stereocenters. The number of phenols is 1. The van der Waals surface area contributed by atoms with Gasteiger partial charge in [-0.25, -0.2) is 19.9 Å². The zero-order chi connectivity index (χ0) is 45.3. The molecule has 0 saturated carbocycles. The number of hydrogen-bond acceptors (Lipinski definition) is 12. The zero-order valence-corrected chi connectivity index (χ0v) is 38.2. The van der Waals surface area contributed by atoms with E-state index in [1.807, 2.05) is 86.3 Å². The number of benzene rings is 2. The third-order valence-electron chi connectivity index (χ3n) is 10.7. The Bertz CT molecular complexity index is 2740. The number of nitrogens with zero attached hydrogens (tertiary/aromatic N) is 10. The van der Waals surface area contributed by atoms with E-state index in [1.54, 1.807) is 23.5 Å². The van der Waals surface area contributed by atoms with Gasteiger partial charge in [-0.15, -0.1) is 21.5 Å². The first-order valence-corrected chi connectivity index (χ1v) is 22.5. The number of aliphatic imine (C=N–C) groups is 1. The van der Waals surface area contributed by atoms with E-state index in [0.29, 0.717) is 42.2 Å². The Kier molecular flexibility index (Phi) is 14.5. The highest BCUT2D eigenvalue weighted by atomic mass is 32.1. The molecule has 0 aliphatic carbocycles. The molecule has 330 valence electrons. The van der Waals surface area contributed by atoms with Crippen molar-refractivity contribution in [2.45, 2.75) is 79.7 Å². The topological polar surface area (TPSA) is 169 Å². The van der Waals surface area contributed by atoms with Gasteiger partial charge in [0.15, 0.2) is 0 Å². The number of amides is 2. The van der Waals surface area contributed by atoms with E-state index < -0.39 is 5.91 Å². The number of hydrogen-bond donors (Lipinski definition) is 1. The normalized spacial score (nSPS) is 14.2. The number of fused-ring (bicyclic) bond motifs is 1. The molecule has 2 aliphatic rings. The average molecular weight is 879 g/mol. The molecule has 0 bridgehead atoms. The van der Waals surface area contributed by atoms with Gasteiger partial charge in [-0.3, -0.25) is 9.59 Å². The SMILES string of the molecule is CC(C)C.Cc1cc(-c2cnc(N3CCC(c4cc5nnc(-c6ccccc6O)cc5n4C(C)C)CC3)nc2)no1.Cc1ncsc1-c1ccc(C=NC(=O)C2=CCCN2C=O)cc1. The minimum absolute atomic E-state index is 0.206. The van der Waals surface area contributed by atoms with Crippen LogP contribution in [0.4, 0.5) is 5.95 Å². The predicted molar refractivity (Wildman–Crippen MR) is 252 cm³/mol. The maximum absolute atomic E-state index is 12.0. The highest BCUT2D eigenvalue weighted by Gasteiger charge is 2.27. The van der Waals surface area contributed by atoms with Crippen LogP contribution in [-0.2, 0) is 9.59 Å². The van der Waals surface area contributed by atoms with Crippen molar-refractivity contribution in [1.29, 1.82) is 0 Å². The maximum Gasteiger partial charge on any atom is 0.293 e. The van der Waals surface area contributed by atoms with Gasteiger partial charge < -0.3 is 24.0 Å². The third kappa shape index (κ3) is 10.7. The molecule has 64 heavy (non-hydrogen) atoms. The van der Waals surface area contributed by atoms with E-state index in [1.165, 1.54) is 16.8 Å². The van der Waals surface area contributed by atoms with Crippen molar-refractivity contribution in [3.63, 3.8) is 0 Å². The lowest BCUT2D eigenvalue weighted by Crippen LogP contribution is -2.34. The molecule has 14 nitrogen and oxygen atoms in total. The highest BCUT2D eigenvalue weighted by Crippen LogP contribution is 2.37. The van der Waals surface area contributed by atoms with Gasteiger partial charge in [-0.2, -0.15) is 0 Å². The molecule has 1 N–H and O–H groups in total. The summed E-state index contributed by atoms with van der Waals surface area (Å²) >= 11 is 1.60. The van der Waals surface area contributed by atoms with Crippen molar-refractivity contribution in [1.82, 2.24) is 39.8 Å². The molecular formula is C49H54N10O4S. The highest BCUT2D eigenvalue weighted by molar-refractivity contribution is 7.13. The van der Waals surface area contributed by atoms with Crippen LogP contribution in [0.1, 0.15) is 88.6 Å². The van der Waals surface area contributed by atoms with Crippen molar-refractivity contribution >= 4 is 46.9 Å². The summed E-state index contributed by atoms with van der Waals surface area (Å²) < 4.78 is 7.54. The second-order valence-corrected chi connectivity index (χ2v) is 17.6. The van der Waals surface area contributed by atoms with Gasteiger partial charge in [0.1, 0.15) is 28.4 Å². The summed E-state index contributed by atoms with van der Waals surface area (Å²) in [6.45, 7) is 17.0. The van der Waals surface area contributed by atoms with E-state index in [0.717, 1.165) is 87.5 Å². The Morgan fingerprint density at radius 2 is 1.61 bits per heavy atom. The molecule has 2 aliphatic heterocycles. The maximum atomic E-state index is 12.0. The van der Waals surface area contributed by atoms with Crippen LogP contribution in [-0.4, -0.2) is 83.0 Å². The number of thiazole rings is 1. The molecule has 7 aromatic rings. The van der Waals surface area contributed by atoms with Crippen LogP contribution < -0.4 is 4.90 Å². The Morgan fingerprint density at radius 3 is 2.23 bits per heavy atom. The Hall–Kier alpha value is -6.87. The van der Waals surface area contributed by atoms with Gasteiger partial charge in [0, 0.05) is 73.1 Å². The summed E-state index contributed by atoms with van der Waals surface area (Å²) in [5.41, 5.74) is 11.3. The van der Waals surface area contributed by atoms with E-state index >= 15 is 0 Å². The molecule has 7 heterocycles. The Balaban J connectivity index is 0.000000194. The van der Waals surface area contributed by atoms with Crippen LogP contribution in [0.3, 0.4) is 0 Å². The molecular weight excluding hydrogens is 825 g/mol. The van der Waals surface area contributed by atoms with Gasteiger partial charge in [-0.1, -0.05) is 68.4 Å². The van der Waals surface area contributed by atoms with Crippen LogP contribution in [0.2, 0.25) is 0 Å². The molecule has 9 rings (SSSR count). The summed E-state index contributed by atoms with van der Waals surface area (Å²) in [5, 5.41) is 23.3.